The van der Waals surface area contributed by atoms with Gasteiger partial charge in [-0.15, -0.1) is 0 Å². The minimum Gasteiger partial charge on any atom is -0.444 e. The van der Waals surface area contributed by atoms with E-state index in [-0.39, 0.29) is 0 Å². The Bertz CT molecular complexity index is 620. The number of hydrogen-bond acceptors (Lipinski definition) is 3. The van der Waals surface area contributed by atoms with Gasteiger partial charge in [0.1, 0.15) is 11.4 Å². The molecule has 0 aliphatic rings. The molecule has 0 unspecified atom stereocenters. The van der Waals surface area contributed by atoms with E-state index in [0.717, 1.165) is 0 Å². The molecule has 0 radical (unpaired) electrons. The molecule has 4 nitrogen and oxygen atoms in total. The van der Waals surface area contributed by atoms with Crippen molar-refractivity contribution in [1.29, 1.82) is 0 Å². The van der Waals surface area contributed by atoms with Crippen LogP contribution in [0.15, 0.2) is 30.5 Å². The highest BCUT2D eigenvalue weighted by Crippen LogP contribution is 2.23. The number of anilines is 1. The SMILES string of the molecule is CC(C)(C)OC(=O)Nc1cc(F)cc2cccnc12. The third kappa shape index (κ3) is 3.40. The summed E-state index contributed by atoms with van der Waals surface area (Å²) < 4.78 is 18.6. The molecule has 100 valence electrons. The van der Waals surface area contributed by atoms with Crippen molar-refractivity contribution in [2.75, 3.05) is 5.32 Å². The molecule has 0 atom stereocenters. The fraction of sp³-hybridized carbons (Fsp3) is 0.286. The normalized spacial score (nSPS) is 11.4. The molecular formula is C14H15FN2O2. The highest BCUT2D eigenvalue weighted by molar-refractivity contribution is 5.97. The molecule has 1 aromatic carbocycles. The molecule has 0 saturated heterocycles. The standard InChI is InChI=1S/C14H15FN2O2/c1-14(2,3)19-13(18)17-11-8-10(15)7-9-5-4-6-16-12(9)11/h4-8H,1-3H3,(H,17,18). The van der Waals surface area contributed by atoms with Crippen molar-refractivity contribution in [3.05, 3.63) is 36.3 Å². The maximum Gasteiger partial charge on any atom is 0.412 e. The Labute approximate surface area is 110 Å². The van der Waals surface area contributed by atoms with E-state index in [4.69, 9.17) is 4.74 Å². The number of carbonyl (C=O) groups excluding carboxylic acids is 1. The number of nitrogens with one attached hydrogen (secondary N) is 1. The first kappa shape index (κ1) is 13.3. The Balaban J connectivity index is 2.32. The number of benzene rings is 1. The summed E-state index contributed by atoms with van der Waals surface area (Å²) >= 11 is 0. The lowest BCUT2D eigenvalue weighted by molar-refractivity contribution is 0.0636. The van der Waals surface area contributed by atoms with Crippen LogP contribution in [0.4, 0.5) is 14.9 Å². The van der Waals surface area contributed by atoms with Crippen molar-refractivity contribution in [2.24, 2.45) is 0 Å². The topological polar surface area (TPSA) is 51.2 Å². The van der Waals surface area contributed by atoms with Crippen LogP contribution in [0.5, 0.6) is 0 Å². The number of pyridine rings is 1. The van der Waals surface area contributed by atoms with Gasteiger partial charge in [0.25, 0.3) is 0 Å². The number of halogens is 1. The summed E-state index contributed by atoms with van der Waals surface area (Å²) in [6.45, 7) is 5.28. The van der Waals surface area contributed by atoms with E-state index >= 15 is 0 Å². The number of amides is 1. The van der Waals surface area contributed by atoms with E-state index in [9.17, 15) is 9.18 Å². The zero-order valence-corrected chi connectivity index (χ0v) is 11.0. The second-order valence-corrected chi connectivity index (χ2v) is 5.16. The van der Waals surface area contributed by atoms with E-state index in [1.165, 1.54) is 12.1 Å². The lowest BCUT2D eigenvalue weighted by Crippen LogP contribution is -2.27. The summed E-state index contributed by atoms with van der Waals surface area (Å²) in [6.07, 6.45) is 0.950. The van der Waals surface area contributed by atoms with Gasteiger partial charge >= 0.3 is 6.09 Å². The number of rotatable bonds is 1. The second kappa shape index (κ2) is 4.84. The zero-order chi connectivity index (χ0) is 14.0. The highest BCUT2D eigenvalue weighted by Gasteiger charge is 2.17. The van der Waals surface area contributed by atoms with Crippen LogP contribution in [0.2, 0.25) is 0 Å². The van der Waals surface area contributed by atoms with Gasteiger partial charge in [-0.25, -0.2) is 9.18 Å². The summed E-state index contributed by atoms with van der Waals surface area (Å²) in [7, 11) is 0. The number of fused-ring (bicyclic) bond motifs is 1. The molecule has 1 heterocycles. The number of carbonyl (C=O) groups is 1. The third-order valence-corrected chi connectivity index (χ3v) is 2.31. The molecule has 5 heteroatoms. The van der Waals surface area contributed by atoms with Crippen molar-refractivity contribution in [3.8, 4) is 0 Å². The molecule has 0 aliphatic carbocycles. The Kier molecular flexibility index (Phi) is 3.38. The maximum absolute atomic E-state index is 13.5. The monoisotopic (exact) mass is 262 g/mol. The number of hydrogen-bond donors (Lipinski definition) is 1. The van der Waals surface area contributed by atoms with Gasteiger partial charge in [-0.3, -0.25) is 10.3 Å². The van der Waals surface area contributed by atoms with Gasteiger partial charge in [-0.05, 0) is 39.0 Å². The lowest BCUT2D eigenvalue weighted by atomic mass is 10.2. The van der Waals surface area contributed by atoms with Crippen LogP contribution in [0.25, 0.3) is 10.9 Å². The fourth-order valence-corrected chi connectivity index (χ4v) is 1.66. The third-order valence-electron chi connectivity index (χ3n) is 2.31. The van der Waals surface area contributed by atoms with Gasteiger partial charge < -0.3 is 4.74 Å². The first-order chi connectivity index (χ1) is 8.85. The van der Waals surface area contributed by atoms with Gasteiger partial charge in [0.2, 0.25) is 0 Å². The first-order valence-corrected chi connectivity index (χ1v) is 5.89. The Morgan fingerprint density at radius 2 is 2.11 bits per heavy atom. The van der Waals surface area contributed by atoms with Crippen molar-refractivity contribution in [2.45, 2.75) is 26.4 Å². The maximum atomic E-state index is 13.5. The van der Waals surface area contributed by atoms with Crippen LogP contribution in [-0.2, 0) is 4.74 Å². The van der Waals surface area contributed by atoms with Crippen molar-refractivity contribution in [1.82, 2.24) is 4.98 Å². The van der Waals surface area contributed by atoms with Crippen LogP contribution in [-0.4, -0.2) is 16.7 Å². The molecule has 2 aromatic rings. The summed E-state index contributed by atoms with van der Waals surface area (Å²) in [4.78, 5) is 15.8. The zero-order valence-electron chi connectivity index (χ0n) is 11.0. The first-order valence-electron chi connectivity index (χ1n) is 5.89. The Hall–Kier alpha value is -2.17. The summed E-state index contributed by atoms with van der Waals surface area (Å²) in [5.41, 5.74) is 0.209. The van der Waals surface area contributed by atoms with Crippen molar-refractivity contribution < 1.29 is 13.9 Å². The van der Waals surface area contributed by atoms with Crippen LogP contribution in [0.3, 0.4) is 0 Å². The molecule has 0 fully saturated rings. The van der Waals surface area contributed by atoms with Crippen LogP contribution >= 0.6 is 0 Å². The highest BCUT2D eigenvalue weighted by atomic mass is 19.1. The van der Waals surface area contributed by atoms with Gasteiger partial charge in [0.15, 0.2) is 0 Å². The molecule has 19 heavy (non-hydrogen) atoms. The molecule has 0 saturated carbocycles. The van der Waals surface area contributed by atoms with E-state index in [0.29, 0.717) is 16.6 Å². The summed E-state index contributed by atoms with van der Waals surface area (Å²) in [6, 6.07) is 6.02. The Morgan fingerprint density at radius 3 is 2.79 bits per heavy atom. The van der Waals surface area contributed by atoms with Crippen molar-refractivity contribution >= 4 is 22.7 Å². The fourth-order valence-electron chi connectivity index (χ4n) is 1.66. The molecule has 2 rings (SSSR count). The summed E-state index contributed by atoms with van der Waals surface area (Å²) in [5, 5.41) is 3.14. The van der Waals surface area contributed by atoms with Crippen LogP contribution in [0, 0.1) is 5.82 Å². The minimum atomic E-state index is -0.634. The molecule has 1 aromatic heterocycles. The second-order valence-electron chi connectivity index (χ2n) is 5.16. The lowest BCUT2D eigenvalue weighted by Gasteiger charge is -2.20. The van der Waals surface area contributed by atoms with Gasteiger partial charge in [0.05, 0.1) is 11.2 Å². The largest absolute Gasteiger partial charge is 0.444 e. The average Bonchev–Trinajstić information content (AvgIpc) is 2.25. The molecule has 0 spiro atoms. The Morgan fingerprint density at radius 1 is 1.37 bits per heavy atom. The van der Waals surface area contributed by atoms with Gasteiger partial charge in [-0.2, -0.15) is 0 Å². The van der Waals surface area contributed by atoms with E-state index in [1.54, 1.807) is 39.1 Å². The number of ether oxygens (including phenoxy) is 1. The van der Waals surface area contributed by atoms with Crippen LogP contribution < -0.4 is 5.32 Å². The van der Waals surface area contributed by atoms with E-state index in [1.807, 2.05) is 0 Å². The molecule has 0 aliphatic heterocycles. The molecular weight excluding hydrogens is 247 g/mol. The molecule has 1 amide bonds. The number of aromatic nitrogens is 1. The average molecular weight is 262 g/mol. The van der Waals surface area contributed by atoms with Crippen molar-refractivity contribution in [3.63, 3.8) is 0 Å². The smallest absolute Gasteiger partial charge is 0.412 e. The van der Waals surface area contributed by atoms with Gasteiger partial charge in [-0.1, -0.05) is 6.07 Å². The molecule has 0 bridgehead atoms. The predicted molar refractivity (Wildman–Crippen MR) is 71.6 cm³/mol. The quantitative estimate of drug-likeness (QED) is 0.852. The van der Waals surface area contributed by atoms with Gasteiger partial charge in [0, 0.05) is 11.6 Å². The number of nitrogens with zero attached hydrogens (tertiary/aromatic N) is 1. The predicted octanol–water partition coefficient (Wildman–Crippen LogP) is 3.72. The molecule has 1 N–H and O–H groups in total. The van der Waals surface area contributed by atoms with E-state index < -0.39 is 17.5 Å². The van der Waals surface area contributed by atoms with Crippen LogP contribution in [0.1, 0.15) is 20.8 Å². The minimum absolute atomic E-state index is 0.296. The van der Waals surface area contributed by atoms with E-state index in [2.05, 4.69) is 10.3 Å². The summed E-state index contributed by atoms with van der Waals surface area (Å²) in [5.74, 6) is -0.438.